The molecular formula is C8H8N2O. The molecule has 0 unspecified atom stereocenters. The van der Waals surface area contributed by atoms with Crippen LogP contribution in [0.25, 0.3) is 0 Å². The molecule has 1 rings (SSSR count). The van der Waals surface area contributed by atoms with Crippen molar-refractivity contribution >= 4 is 5.91 Å². The summed E-state index contributed by atoms with van der Waals surface area (Å²) >= 11 is 0. The summed E-state index contributed by atoms with van der Waals surface area (Å²) < 4.78 is 0. The Hall–Kier alpha value is -1.56. The van der Waals surface area contributed by atoms with Crippen LogP contribution in [0.5, 0.6) is 0 Å². The Morgan fingerprint density at radius 3 is 3.09 bits per heavy atom. The Labute approximate surface area is 65.2 Å². The molecule has 0 N–H and O–H groups in total. The molecule has 1 aliphatic heterocycles. The fraction of sp³-hybridized carbons (Fsp3) is 0.250. The number of nitrogens with zero attached hydrogens (tertiary/aromatic N) is 2. The highest BCUT2D eigenvalue weighted by Crippen LogP contribution is 2.10. The van der Waals surface area contributed by atoms with Crippen LogP contribution in [0.15, 0.2) is 24.0 Å². The lowest BCUT2D eigenvalue weighted by Gasteiger charge is -2.14. The maximum Gasteiger partial charge on any atom is 0.227 e. The molecule has 0 aromatic heterocycles. The molecule has 0 aromatic carbocycles. The van der Waals surface area contributed by atoms with Gasteiger partial charge in [-0.25, -0.2) is 0 Å². The van der Waals surface area contributed by atoms with Crippen LogP contribution in [0.3, 0.4) is 0 Å². The van der Waals surface area contributed by atoms with E-state index in [-0.39, 0.29) is 5.91 Å². The summed E-state index contributed by atoms with van der Waals surface area (Å²) in [4.78, 5) is 12.2. The lowest BCUT2D eigenvalue weighted by Crippen LogP contribution is -2.18. The second-order valence-corrected chi connectivity index (χ2v) is 2.28. The number of hydrogen-bond donors (Lipinski definition) is 0. The van der Waals surface area contributed by atoms with E-state index < -0.39 is 0 Å². The van der Waals surface area contributed by atoms with Gasteiger partial charge in [-0.3, -0.25) is 9.69 Å². The maximum atomic E-state index is 10.8. The van der Waals surface area contributed by atoms with Gasteiger partial charge in [0, 0.05) is 31.3 Å². The highest BCUT2D eigenvalue weighted by Gasteiger charge is 2.06. The fourth-order valence-corrected chi connectivity index (χ4v) is 0.827. The maximum absolute atomic E-state index is 10.8. The van der Waals surface area contributed by atoms with Crippen molar-refractivity contribution < 1.29 is 4.79 Å². The van der Waals surface area contributed by atoms with E-state index in [0.717, 1.165) is 0 Å². The number of allylic oxidation sites excluding steroid dienone is 2. The van der Waals surface area contributed by atoms with Crippen LogP contribution in [-0.4, -0.2) is 10.8 Å². The molecule has 0 fully saturated rings. The zero-order valence-corrected chi connectivity index (χ0v) is 6.24. The molecular weight excluding hydrogens is 140 g/mol. The van der Waals surface area contributed by atoms with Crippen LogP contribution in [0.4, 0.5) is 0 Å². The Bertz CT molecular complexity index is 270. The van der Waals surface area contributed by atoms with Crippen LogP contribution >= 0.6 is 0 Å². The topological polar surface area (TPSA) is 44.1 Å². The summed E-state index contributed by atoms with van der Waals surface area (Å²) in [6.07, 6.45) is 5.64. The zero-order valence-electron chi connectivity index (χ0n) is 6.24. The molecule has 3 heteroatoms. The lowest BCUT2D eigenvalue weighted by molar-refractivity contribution is -0.124. The van der Waals surface area contributed by atoms with E-state index in [0.29, 0.717) is 12.0 Å². The Kier molecular flexibility index (Phi) is 2.07. The van der Waals surface area contributed by atoms with Crippen molar-refractivity contribution in [2.45, 2.75) is 13.3 Å². The van der Waals surface area contributed by atoms with Gasteiger partial charge in [0.05, 0.1) is 6.07 Å². The average molecular weight is 148 g/mol. The van der Waals surface area contributed by atoms with Crippen LogP contribution in [0.2, 0.25) is 0 Å². The van der Waals surface area contributed by atoms with Crippen LogP contribution in [0, 0.1) is 11.3 Å². The minimum absolute atomic E-state index is 0.0753. The molecule has 0 aliphatic carbocycles. The van der Waals surface area contributed by atoms with Crippen molar-refractivity contribution in [2.75, 3.05) is 0 Å². The Morgan fingerprint density at radius 1 is 1.82 bits per heavy atom. The summed E-state index contributed by atoms with van der Waals surface area (Å²) in [5, 5.41) is 8.50. The summed E-state index contributed by atoms with van der Waals surface area (Å²) in [5.74, 6) is -0.0753. The van der Waals surface area contributed by atoms with Crippen molar-refractivity contribution in [3.63, 3.8) is 0 Å². The van der Waals surface area contributed by atoms with E-state index in [1.54, 1.807) is 18.5 Å². The molecule has 1 heterocycles. The van der Waals surface area contributed by atoms with Gasteiger partial charge in [0.2, 0.25) is 5.91 Å². The third-order valence-electron chi connectivity index (χ3n) is 1.41. The summed E-state index contributed by atoms with van der Waals surface area (Å²) in [7, 11) is 0. The number of rotatable bonds is 0. The molecule has 11 heavy (non-hydrogen) atoms. The molecule has 1 amide bonds. The molecule has 0 atom stereocenters. The first kappa shape index (κ1) is 7.55. The Morgan fingerprint density at radius 2 is 2.55 bits per heavy atom. The van der Waals surface area contributed by atoms with Crippen molar-refractivity contribution in [1.29, 1.82) is 5.26 Å². The monoisotopic (exact) mass is 148 g/mol. The third-order valence-corrected chi connectivity index (χ3v) is 1.41. The van der Waals surface area contributed by atoms with Crippen molar-refractivity contribution in [2.24, 2.45) is 0 Å². The zero-order chi connectivity index (χ0) is 8.27. The Balaban J connectivity index is 2.79. The lowest BCUT2D eigenvalue weighted by atomic mass is 10.2. The van der Waals surface area contributed by atoms with Gasteiger partial charge >= 0.3 is 0 Å². The summed E-state index contributed by atoms with van der Waals surface area (Å²) in [6, 6.07) is 2.00. The smallest absolute Gasteiger partial charge is 0.227 e. The number of amides is 1. The fourth-order valence-electron chi connectivity index (χ4n) is 0.827. The summed E-state index contributed by atoms with van der Waals surface area (Å²) in [6.45, 7) is 1.46. The molecule has 0 saturated carbocycles. The normalized spacial score (nSPS) is 15.6. The first-order chi connectivity index (χ1) is 5.24. The first-order valence-corrected chi connectivity index (χ1v) is 3.30. The largest absolute Gasteiger partial charge is 0.294 e. The van der Waals surface area contributed by atoms with Crippen molar-refractivity contribution in [3.8, 4) is 6.07 Å². The molecule has 56 valence electrons. The summed E-state index contributed by atoms with van der Waals surface area (Å²) in [5.41, 5.74) is 0.614. The second kappa shape index (κ2) is 3.02. The molecule has 0 radical (unpaired) electrons. The van der Waals surface area contributed by atoms with Gasteiger partial charge in [-0.1, -0.05) is 6.08 Å². The van der Waals surface area contributed by atoms with Gasteiger partial charge in [-0.15, -0.1) is 0 Å². The third kappa shape index (κ3) is 1.68. The first-order valence-electron chi connectivity index (χ1n) is 3.30. The van der Waals surface area contributed by atoms with Crippen LogP contribution < -0.4 is 0 Å². The molecule has 0 spiro atoms. The van der Waals surface area contributed by atoms with Crippen LogP contribution in [0.1, 0.15) is 13.3 Å². The standard InChI is InChI=1S/C8H8N2O/c1-7(11)10-4-2-3-8(5-9)6-10/h2,4,6H,3H2,1H3. The van der Waals surface area contributed by atoms with E-state index >= 15 is 0 Å². The predicted molar refractivity (Wildman–Crippen MR) is 40.0 cm³/mol. The van der Waals surface area contributed by atoms with E-state index in [9.17, 15) is 4.79 Å². The molecule has 0 aromatic rings. The highest BCUT2D eigenvalue weighted by atomic mass is 16.2. The van der Waals surface area contributed by atoms with Gasteiger partial charge in [0.25, 0.3) is 0 Å². The van der Waals surface area contributed by atoms with Gasteiger partial charge in [0.1, 0.15) is 0 Å². The van der Waals surface area contributed by atoms with Crippen LogP contribution in [-0.2, 0) is 4.79 Å². The van der Waals surface area contributed by atoms with E-state index in [4.69, 9.17) is 5.26 Å². The van der Waals surface area contributed by atoms with Gasteiger partial charge in [-0.05, 0) is 0 Å². The SMILES string of the molecule is CC(=O)N1C=CCC(C#N)=C1. The van der Waals surface area contributed by atoms with E-state index in [1.165, 1.54) is 11.8 Å². The predicted octanol–water partition coefficient (Wildman–Crippen LogP) is 1.16. The minimum atomic E-state index is -0.0753. The number of hydrogen-bond acceptors (Lipinski definition) is 2. The number of carbonyl (C=O) groups excluding carboxylic acids is 1. The van der Waals surface area contributed by atoms with Crippen molar-refractivity contribution in [3.05, 3.63) is 24.0 Å². The molecule has 1 aliphatic rings. The van der Waals surface area contributed by atoms with Crippen molar-refractivity contribution in [1.82, 2.24) is 4.90 Å². The van der Waals surface area contributed by atoms with E-state index in [2.05, 4.69) is 0 Å². The van der Waals surface area contributed by atoms with Gasteiger partial charge in [-0.2, -0.15) is 5.26 Å². The highest BCUT2D eigenvalue weighted by molar-refractivity contribution is 5.76. The quantitative estimate of drug-likeness (QED) is 0.517. The second-order valence-electron chi connectivity index (χ2n) is 2.28. The van der Waals surface area contributed by atoms with Gasteiger partial charge in [0.15, 0.2) is 0 Å². The number of carbonyl (C=O) groups is 1. The number of nitriles is 1. The van der Waals surface area contributed by atoms with Gasteiger partial charge < -0.3 is 0 Å². The average Bonchev–Trinajstić information content (AvgIpc) is 2.05. The molecule has 0 bridgehead atoms. The minimum Gasteiger partial charge on any atom is -0.294 e. The van der Waals surface area contributed by atoms with E-state index in [1.807, 2.05) is 6.07 Å². The molecule has 3 nitrogen and oxygen atoms in total. The molecule has 0 saturated heterocycles.